The molecule has 1 heterocycles. The van der Waals surface area contributed by atoms with E-state index in [4.69, 9.17) is 11.6 Å². The summed E-state index contributed by atoms with van der Waals surface area (Å²) in [5, 5.41) is 0.455. The van der Waals surface area contributed by atoms with Gasteiger partial charge in [-0.2, -0.15) is 0 Å². The average Bonchev–Trinajstić information content (AvgIpc) is 2.51. The number of carbonyl (C=O) groups is 1. The molecule has 0 spiro atoms. The van der Waals surface area contributed by atoms with E-state index >= 15 is 0 Å². The van der Waals surface area contributed by atoms with Crippen molar-refractivity contribution in [3.8, 4) is 0 Å². The fraction of sp³-hybridized carbons (Fsp3) is 0.333. The molecule has 0 saturated heterocycles. The molecule has 0 aliphatic carbocycles. The molecule has 0 radical (unpaired) electrons. The van der Waals surface area contributed by atoms with Crippen LogP contribution in [0.3, 0.4) is 0 Å². The third-order valence-electron chi connectivity index (χ3n) is 2.63. The second-order valence-electron chi connectivity index (χ2n) is 4.10. The molecule has 1 aromatic heterocycles. The first-order valence-corrected chi connectivity index (χ1v) is 5.55. The standard InChI is InChI=1S/C12H13ClN2O/c1-7(2)15-8(3)14-11-5-10(13)9(6-16)4-12(11)15/h4-7H,1-3H3. The summed E-state index contributed by atoms with van der Waals surface area (Å²) in [5.74, 6) is 0.934. The fourth-order valence-corrected chi connectivity index (χ4v) is 2.20. The highest BCUT2D eigenvalue weighted by Gasteiger charge is 2.12. The van der Waals surface area contributed by atoms with Gasteiger partial charge in [-0.05, 0) is 32.9 Å². The van der Waals surface area contributed by atoms with E-state index in [-0.39, 0.29) is 0 Å². The maximum absolute atomic E-state index is 10.8. The second kappa shape index (κ2) is 3.91. The summed E-state index contributed by atoms with van der Waals surface area (Å²) in [5.41, 5.74) is 2.30. The summed E-state index contributed by atoms with van der Waals surface area (Å²) in [6.07, 6.45) is 0.773. The molecule has 3 nitrogen and oxygen atoms in total. The van der Waals surface area contributed by atoms with Crippen LogP contribution in [0.2, 0.25) is 5.02 Å². The minimum Gasteiger partial charge on any atom is -0.326 e. The number of hydrogen-bond acceptors (Lipinski definition) is 2. The Balaban J connectivity index is 2.82. The lowest BCUT2D eigenvalue weighted by molar-refractivity contribution is 0.112. The summed E-state index contributed by atoms with van der Waals surface area (Å²) in [6, 6.07) is 3.85. The highest BCUT2D eigenvalue weighted by atomic mass is 35.5. The summed E-state index contributed by atoms with van der Waals surface area (Å²) < 4.78 is 2.10. The molecule has 1 aromatic carbocycles. The van der Waals surface area contributed by atoms with Gasteiger partial charge in [0.2, 0.25) is 0 Å². The predicted molar refractivity (Wildman–Crippen MR) is 65.3 cm³/mol. The van der Waals surface area contributed by atoms with E-state index < -0.39 is 0 Å². The Morgan fingerprint density at radius 1 is 1.44 bits per heavy atom. The number of halogens is 1. The van der Waals surface area contributed by atoms with Crippen LogP contribution in [0.25, 0.3) is 11.0 Å². The Bertz CT molecular complexity index is 558. The molecule has 0 fully saturated rings. The van der Waals surface area contributed by atoms with Crippen LogP contribution >= 0.6 is 11.6 Å². The first kappa shape index (κ1) is 11.1. The number of nitrogens with zero attached hydrogens (tertiary/aromatic N) is 2. The SMILES string of the molecule is Cc1nc2cc(Cl)c(C=O)cc2n1C(C)C. The summed E-state index contributed by atoms with van der Waals surface area (Å²) in [4.78, 5) is 15.3. The van der Waals surface area contributed by atoms with Crippen LogP contribution in [0.4, 0.5) is 0 Å². The van der Waals surface area contributed by atoms with Crippen molar-refractivity contribution in [2.45, 2.75) is 26.8 Å². The van der Waals surface area contributed by atoms with E-state index in [1.165, 1.54) is 0 Å². The van der Waals surface area contributed by atoms with E-state index in [2.05, 4.69) is 23.4 Å². The van der Waals surface area contributed by atoms with Crippen molar-refractivity contribution in [1.82, 2.24) is 9.55 Å². The van der Waals surface area contributed by atoms with Gasteiger partial charge in [0.15, 0.2) is 6.29 Å². The molecule has 2 aromatic rings. The number of hydrogen-bond donors (Lipinski definition) is 0. The van der Waals surface area contributed by atoms with Crippen LogP contribution in [0.15, 0.2) is 12.1 Å². The third-order valence-corrected chi connectivity index (χ3v) is 2.95. The second-order valence-corrected chi connectivity index (χ2v) is 4.51. The minimum atomic E-state index is 0.311. The van der Waals surface area contributed by atoms with Crippen LogP contribution < -0.4 is 0 Å². The van der Waals surface area contributed by atoms with Crippen molar-refractivity contribution in [2.75, 3.05) is 0 Å². The van der Waals surface area contributed by atoms with Crippen LogP contribution in [0.1, 0.15) is 36.1 Å². The molecular weight excluding hydrogens is 224 g/mol. The van der Waals surface area contributed by atoms with Gasteiger partial charge in [0.05, 0.1) is 16.1 Å². The van der Waals surface area contributed by atoms with Crippen molar-refractivity contribution >= 4 is 28.9 Å². The Kier molecular flexibility index (Phi) is 2.72. The zero-order valence-corrected chi connectivity index (χ0v) is 10.2. The van der Waals surface area contributed by atoms with Crippen molar-refractivity contribution in [2.24, 2.45) is 0 Å². The maximum atomic E-state index is 10.8. The lowest BCUT2D eigenvalue weighted by Crippen LogP contribution is -2.02. The van der Waals surface area contributed by atoms with Gasteiger partial charge in [0, 0.05) is 11.6 Å². The predicted octanol–water partition coefficient (Wildman–Crippen LogP) is 3.39. The Labute approximate surface area is 99.0 Å². The van der Waals surface area contributed by atoms with Gasteiger partial charge in [-0.1, -0.05) is 11.6 Å². The van der Waals surface area contributed by atoms with E-state index in [9.17, 15) is 4.79 Å². The number of imidazole rings is 1. The number of rotatable bonds is 2. The zero-order chi connectivity index (χ0) is 11.9. The van der Waals surface area contributed by atoms with Crippen molar-refractivity contribution in [1.29, 1.82) is 0 Å². The fourth-order valence-electron chi connectivity index (χ4n) is 1.99. The minimum absolute atomic E-state index is 0.311. The van der Waals surface area contributed by atoms with Gasteiger partial charge in [-0.25, -0.2) is 4.98 Å². The lowest BCUT2D eigenvalue weighted by Gasteiger charge is -2.10. The van der Waals surface area contributed by atoms with Gasteiger partial charge in [0.25, 0.3) is 0 Å². The van der Waals surface area contributed by atoms with Gasteiger partial charge < -0.3 is 4.57 Å². The summed E-state index contributed by atoms with van der Waals surface area (Å²) >= 11 is 5.96. The monoisotopic (exact) mass is 236 g/mol. The molecule has 0 N–H and O–H groups in total. The van der Waals surface area contributed by atoms with Crippen molar-refractivity contribution in [3.63, 3.8) is 0 Å². The molecule has 2 rings (SSSR count). The molecule has 0 amide bonds. The van der Waals surface area contributed by atoms with E-state index in [0.29, 0.717) is 16.6 Å². The molecule has 16 heavy (non-hydrogen) atoms. The highest BCUT2D eigenvalue weighted by molar-refractivity contribution is 6.33. The van der Waals surface area contributed by atoms with Gasteiger partial charge in [-0.3, -0.25) is 4.79 Å². The number of carbonyl (C=O) groups excluding carboxylic acids is 1. The maximum Gasteiger partial charge on any atom is 0.151 e. The van der Waals surface area contributed by atoms with Gasteiger partial charge in [0.1, 0.15) is 5.82 Å². The van der Waals surface area contributed by atoms with E-state index in [1.807, 2.05) is 6.92 Å². The van der Waals surface area contributed by atoms with Crippen molar-refractivity contribution in [3.05, 3.63) is 28.5 Å². The number of aromatic nitrogens is 2. The highest BCUT2D eigenvalue weighted by Crippen LogP contribution is 2.26. The largest absolute Gasteiger partial charge is 0.326 e. The van der Waals surface area contributed by atoms with Crippen LogP contribution in [-0.4, -0.2) is 15.8 Å². The number of fused-ring (bicyclic) bond motifs is 1. The Morgan fingerprint density at radius 3 is 2.69 bits per heavy atom. The zero-order valence-electron chi connectivity index (χ0n) is 9.49. The number of benzene rings is 1. The van der Waals surface area contributed by atoms with Crippen LogP contribution in [-0.2, 0) is 0 Å². The Hall–Kier alpha value is -1.35. The first-order valence-electron chi connectivity index (χ1n) is 5.18. The van der Waals surface area contributed by atoms with E-state index in [1.54, 1.807) is 12.1 Å². The number of aryl methyl sites for hydroxylation is 1. The smallest absolute Gasteiger partial charge is 0.151 e. The normalized spacial score (nSPS) is 11.3. The lowest BCUT2D eigenvalue weighted by atomic mass is 10.2. The molecule has 0 unspecified atom stereocenters. The van der Waals surface area contributed by atoms with Crippen LogP contribution in [0.5, 0.6) is 0 Å². The van der Waals surface area contributed by atoms with Gasteiger partial charge in [-0.15, -0.1) is 0 Å². The van der Waals surface area contributed by atoms with Crippen LogP contribution in [0, 0.1) is 6.92 Å². The molecule has 0 bridgehead atoms. The first-order chi connectivity index (χ1) is 7.54. The molecule has 84 valence electrons. The Morgan fingerprint density at radius 2 is 2.12 bits per heavy atom. The molecule has 0 aliphatic heterocycles. The molecule has 4 heteroatoms. The molecule has 0 aliphatic rings. The average molecular weight is 237 g/mol. The third kappa shape index (κ3) is 1.61. The summed E-state index contributed by atoms with van der Waals surface area (Å²) in [6.45, 7) is 6.13. The quantitative estimate of drug-likeness (QED) is 0.750. The molecule has 0 atom stereocenters. The number of aldehydes is 1. The van der Waals surface area contributed by atoms with Gasteiger partial charge >= 0.3 is 0 Å². The topological polar surface area (TPSA) is 34.9 Å². The summed E-state index contributed by atoms with van der Waals surface area (Å²) in [7, 11) is 0. The van der Waals surface area contributed by atoms with Crippen molar-refractivity contribution < 1.29 is 4.79 Å². The molecular formula is C12H13ClN2O. The molecule has 0 saturated carbocycles. The van der Waals surface area contributed by atoms with E-state index in [0.717, 1.165) is 23.1 Å².